The average Bonchev–Trinajstić information content (AvgIpc) is 2.79. The van der Waals surface area contributed by atoms with Gasteiger partial charge in [0.15, 0.2) is 6.61 Å². The van der Waals surface area contributed by atoms with Crippen molar-refractivity contribution >= 4 is 23.3 Å². The SMILES string of the molecule is Cc1nn(CC(=O)OCC(=O)Nc2cccc(F)c2)c(C)c1[N+](=O)[O-]. The van der Waals surface area contributed by atoms with Gasteiger partial charge in [0, 0.05) is 5.69 Å². The number of nitro groups is 1. The Bertz CT molecular complexity index is 833. The van der Waals surface area contributed by atoms with Crippen molar-refractivity contribution in [3.8, 4) is 0 Å². The molecule has 0 fully saturated rings. The van der Waals surface area contributed by atoms with E-state index in [1.165, 1.54) is 32.0 Å². The van der Waals surface area contributed by atoms with Gasteiger partial charge in [0.05, 0.1) is 4.92 Å². The van der Waals surface area contributed by atoms with E-state index in [4.69, 9.17) is 4.74 Å². The van der Waals surface area contributed by atoms with E-state index in [1.54, 1.807) is 0 Å². The van der Waals surface area contributed by atoms with Gasteiger partial charge in [-0.25, -0.2) is 4.39 Å². The minimum atomic E-state index is -0.783. The molecule has 0 unspecified atom stereocenters. The maximum atomic E-state index is 13.0. The average molecular weight is 350 g/mol. The summed E-state index contributed by atoms with van der Waals surface area (Å²) in [6.45, 7) is 1.98. The Morgan fingerprint density at radius 3 is 2.72 bits per heavy atom. The van der Waals surface area contributed by atoms with E-state index >= 15 is 0 Å². The third kappa shape index (κ3) is 4.59. The van der Waals surface area contributed by atoms with Gasteiger partial charge in [-0.1, -0.05) is 6.07 Å². The van der Waals surface area contributed by atoms with Gasteiger partial charge in [0.1, 0.15) is 23.7 Å². The lowest BCUT2D eigenvalue weighted by atomic mass is 10.3. The van der Waals surface area contributed by atoms with E-state index in [1.807, 2.05) is 0 Å². The number of hydrogen-bond acceptors (Lipinski definition) is 6. The zero-order valence-corrected chi connectivity index (χ0v) is 13.5. The van der Waals surface area contributed by atoms with Gasteiger partial charge in [0.25, 0.3) is 5.91 Å². The highest BCUT2D eigenvalue weighted by molar-refractivity contribution is 5.92. The maximum absolute atomic E-state index is 13.0. The fourth-order valence-corrected chi connectivity index (χ4v) is 2.18. The molecule has 2 aromatic rings. The number of aromatic nitrogens is 2. The molecular formula is C15H15FN4O5. The number of esters is 1. The highest BCUT2D eigenvalue weighted by Gasteiger charge is 2.23. The molecule has 132 valence electrons. The molecular weight excluding hydrogens is 335 g/mol. The molecule has 9 nitrogen and oxygen atoms in total. The van der Waals surface area contributed by atoms with Crippen LogP contribution in [0.4, 0.5) is 15.8 Å². The van der Waals surface area contributed by atoms with E-state index in [-0.39, 0.29) is 29.3 Å². The van der Waals surface area contributed by atoms with E-state index in [9.17, 15) is 24.1 Å². The smallest absolute Gasteiger partial charge is 0.328 e. The standard InChI is InChI=1S/C15H15FN4O5/c1-9-15(20(23)24)10(2)19(18-9)7-14(22)25-8-13(21)17-12-5-3-4-11(16)6-12/h3-6H,7-8H2,1-2H3,(H,17,21). The molecule has 0 aliphatic heterocycles. The van der Waals surface area contributed by atoms with Crippen LogP contribution in [-0.2, 0) is 20.9 Å². The molecule has 25 heavy (non-hydrogen) atoms. The highest BCUT2D eigenvalue weighted by Crippen LogP contribution is 2.21. The zero-order valence-electron chi connectivity index (χ0n) is 13.5. The third-order valence-corrected chi connectivity index (χ3v) is 3.28. The minimum absolute atomic E-state index is 0.170. The molecule has 10 heteroatoms. The van der Waals surface area contributed by atoms with Crippen molar-refractivity contribution < 1.29 is 23.6 Å². The first-order valence-electron chi connectivity index (χ1n) is 7.17. The Morgan fingerprint density at radius 2 is 2.12 bits per heavy atom. The number of carbonyl (C=O) groups is 2. The summed E-state index contributed by atoms with van der Waals surface area (Å²) in [4.78, 5) is 33.8. The van der Waals surface area contributed by atoms with Crippen LogP contribution in [0.1, 0.15) is 11.4 Å². The van der Waals surface area contributed by atoms with Gasteiger partial charge in [0.2, 0.25) is 0 Å². The van der Waals surface area contributed by atoms with E-state index in [0.29, 0.717) is 0 Å². The van der Waals surface area contributed by atoms with E-state index < -0.39 is 29.2 Å². The van der Waals surface area contributed by atoms with Crippen molar-refractivity contribution in [3.63, 3.8) is 0 Å². The number of nitrogens with zero attached hydrogens (tertiary/aromatic N) is 3. The normalized spacial score (nSPS) is 10.4. The molecule has 0 bridgehead atoms. The van der Waals surface area contributed by atoms with E-state index in [0.717, 1.165) is 10.7 Å². The molecule has 0 aliphatic carbocycles. The number of anilines is 1. The molecule has 0 spiro atoms. The fraction of sp³-hybridized carbons (Fsp3) is 0.267. The zero-order chi connectivity index (χ0) is 18.6. The second-order valence-electron chi connectivity index (χ2n) is 5.15. The van der Waals surface area contributed by atoms with Crippen LogP contribution >= 0.6 is 0 Å². The van der Waals surface area contributed by atoms with Gasteiger partial charge in [-0.3, -0.25) is 24.4 Å². The fourth-order valence-electron chi connectivity index (χ4n) is 2.18. The van der Waals surface area contributed by atoms with Gasteiger partial charge in [-0.15, -0.1) is 0 Å². The summed E-state index contributed by atoms with van der Waals surface area (Å²) in [7, 11) is 0. The van der Waals surface area contributed by atoms with Crippen LogP contribution in [0, 0.1) is 29.8 Å². The number of halogens is 1. The van der Waals surface area contributed by atoms with Crippen LogP contribution < -0.4 is 5.32 Å². The summed E-state index contributed by atoms with van der Waals surface area (Å²) in [6.07, 6.45) is 0. The summed E-state index contributed by atoms with van der Waals surface area (Å²) in [5.74, 6) is -1.94. The quantitative estimate of drug-likeness (QED) is 0.482. The van der Waals surface area contributed by atoms with Gasteiger partial charge < -0.3 is 10.1 Å². The van der Waals surface area contributed by atoms with Gasteiger partial charge in [-0.2, -0.15) is 5.10 Å². The Labute approximate surface area is 141 Å². The van der Waals surface area contributed by atoms with Crippen molar-refractivity contribution in [1.82, 2.24) is 9.78 Å². The number of rotatable bonds is 6. The van der Waals surface area contributed by atoms with Crippen molar-refractivity contribution in [2.24, 2.45) is 0 Å². The number of carbonyl (C=O) groups excluding carboxylic acids is 2. The first-order valence-corrected chi connectivity index (χ1v) is 7.17. The number of amides is 1. The Balaban J connectivity index is 1.90. The first-order chi connectivity index (χ1) is 11.8. The Morgan fingerprint density at radius 1 is 1.40 bits per heavy atom. The van der Waals surface area contributed by atoms with Crippen LogP contribution in [0.3, 0.4) is 0 Å². The number of benzene rings is 1. The third-order valence-electron chi connectivity index (χ3n) is 3.28. The van der Waals surface area contributed by atoms with Crippen LogP contribution in [0.2, 0.25) is 0 Å². The predicted molar refractivity (Wildman–Crippen MR) is 84.3 cm³/mol. The lowest BCUT2D eigenvalue weighted by Crippen LogP contribution is -2.23. The lowest BCUT2D eigenvalue weighted by molar-refractivity contribution is -0.386. The second-order valence-corrected chi connectivity index (χ2v) is 5.15. The van der Waals surface area contributed by atoms with Crippen LogP contribution in [0.5, 0.6) is 0 Å². The lowest BCUT2D eigenvalue weighted by Gasteiger charge is -2.07. The molecule has 1 aromatic carbocycles. The van der Waals surface area contributed by atoms with E-state index in [2.05, 4.69) is 10.4 Å². The molecule has 2 rings (SSSR count). The van der Waals surface area contributed by atoms with Crippen LogP contribution in [0.15, 0.2) is 24.3 Å². The molecule has 0 radical (unpaired) electrons. The highest BCUT2D eigenvalue weighted by atomic mass is 19.1. The topological polar surface area (TPSA) is 116 Å². The van der Waals surface area contributed by atoms with Crippen molar-refractivity contribution in [2.45, 2.75) is 20.4 Å². The monoisotopic (exact) mass is 350 g/mol. The van der Waals surface area contributed by atoms with Crippen molar-refractivity contribution in [2.75, 3.05) is 11.9 Å². The molecule has 0 saturated heterocycles. The molecule has 0 atom stereocenters. The minimum Gasteiger partial charge on any atom is -0.454 e. The summed E-state index contributed by atoms with van der Waals surface area (Å²) in [5, 5.41) is 17.2. The largest absolute Gasteiger partial charge is 0.454 e. The molecule has 1 N–H and O–H groups in total. The van der Waals surface area contributed by atoms with Gasteiger partial charge >= 0.3 is 11.7 Å². The summed E-state index contributed by atoms with van der Waals surface area (Å²) in [6, 6.07) is 5.25. The number of hydrogen-bond donors (Lipinski definition) is 1. The molecule has 1 amide bonds. The van der Waals surface area contributed by atoms with Gasteiger partial charge in [-0.05, 0) is 32.0 Å². The summed E-state index contributed by atoms with van der Waals surface area (Å²) < 4.78 is 18.9. The summed E-state index contributed by atoms with van der Waals surface area (Å²) in [5.41, 5.74) is 0.453. The predicted octanol–water partition coefficient (Wildman–Crippen LogP) is 1.73. The number of nitrogens with one attached hydrogen (secondary N) is 1. The Kier molecular flexibility index (Phi) is 5.42. The molecule has 0 aliphatic rings. The number of ether oxygens (including phenoxy) is 1. The number of aryl methyl sites for hydroxylation is 1. The molecule has 0 saturated carbocycles. The first kappa shape index (κ1) is 18.0. The Hall–Kier alpha value is -3.30. The second kappa shape index (κ2) is 7.51. The maximum Gasteiger partial charge on any atom is 0.328 e. The summed E-state index contributed by atoms with van der Waals surface area (Å²) >= 11 is 0. The van der Waals surface area contributed by atoms with Crippen LogP contribution in [-0.4, -0.2) is 33.2 Å². The van der Waals surface area contributed by atoms with Crippen molar-refractivity contribution in [3.05, 3.63) is 51.6 Å². The molecule has 1 aromatic heterocycles. The van der Waals surface area contributed by atoms with Crippen molar-refractivity contribution in [1.29, 1.82) is 0 Å². The van der Waals surface area contributed by atoms with Crippen LogP contribution in [0.25, 0.3) is 0 Å². The molecule has 1 heterocycles.